The average molecular weight is 479 g/mol. The first-order valence-corrected chi connectivity index (χ1v) is 12.1. The largest absolute Gasteiger partial charge is 0.507 e. The van der Waals surface area contributed by atoms with E-state index in [-0.39, 0.29) is 6.07 Å². The zero-order valence-corrected chi connectivity index (χ0v) is 16.1. The number of hydrogen-bond donors (Lipinski definition) is 6. The molecule has 14 nitrogen and oxygen atoms in total. The molecule has 0 unspecified atom stereocenters. The highest BCUT2D eigenvalue weighted by atomic mass is 32.2. The first kappa shape index (κ1) is 22.2. The van der Waals surface area contributed by atoms with Gasteiger partial charge in [0, 0.05) is 16.8 Å². The lowest BCUT2D eigenvalue weighted by Gasteiger charge is -2.17. The van der Waals surface area contributed by atoms with Gasteiger partial charge in [0.1, 0.15) is 20.4 Å². The van der Waals surface area contributed by atoms with Gasteiger partial charge in [0.25, 0.3) is 40.5 Å². The molecule has 0 bridgehead atoms. The average Bonchev–Trinajstić information content (AvgIpc) is 2.41. The lowest BCUT2D eigenvalue weighted by molar-refractivity contribution is 0.456. The lowest BCUT2D eigenvalue weighted by atomic mass is 10.1. The molecule has 0 aliphatic carbocycles. The summed E-state index contributed by atoms with van der Waals surface area (Å²) in [7, 11) is -22.5. The standard InChI is InChI=1S/C10H9NO13S4/c11-7-6-4(1-3(2-5(6)12)25(13,14)15)8(26(16,17)18)10(28(22,23)24)9(7)27(19,20)21/h1-2,12H,11H2,(H,13,14,15)(H,16,17,18)(H,19,20,21)(H,22,23,24). The highest BCUT2D eigenvalue weighted by Crippen LogP contribution is 2.44. The minimum atomic E-state index is -5.86. The number of anilines is 1. The summed E-state index contributed by atoms with van der Waals surface area (Å²) in [5.41, 5.74) is 4.10. The zero-order valence-electron chi connectivity index (χ0n) is 12.9. The van der Waals surface area contributed by atoms with Gasteiger partial charge in [0.15, 0.2) is 0 Å². The minimum Gasteiger partial charge on any atom is -0.507 e. The van der Waals surface area contributed by atoms with Crippen molar-refractivity contribution in [2.75, 3.05) is 5.73 Å². The van der Waals surface area contributed by atoms with E-state index in [0.717, 1.165) is 0 Å². The molecule has 0 aromatic heterocycles. The molecule has 28 heavy (non-hydrogen) atoms. The Labute approximate surface area is 157 Å². The Morgan fingerprint density at radius 2 is 1.07 bits per heavy atom. The van der Waals surface area contributed by atoms with Crippen LogP contribution in [-0.4, -0.2) is 57.0 Å². The predicted molar refractivity (Wildman–Crippen MR) is 89.3 cm³/mol. The maximum absolute atomic E-state index is 11.7. The molecule has 0 heterocycles. The van der Waals surface area contributed by atoms with Crippen molar-refractivity contribution < 1.29 is 57.0 Å². The normalized spacial score (nSPS) is 13.7. The van der Waals surface area contributed by atoms with Crippen LogP contribution in [0.25, 0.3) is 10.8 Å². The lowest BCUT2D eigenvalue weighted by Crippen LogP contribution is -2.17. The number of hydrogen-bond acceptors (Lipinski definition) is 10. The van der Waals surface area contributed by atoms with Gasteiger partial charge >= 0.3 is 0 Å². The third-order valence-electron chi connectivity index (χ3n) is 3.33. The molecular weight excluding hydrogens is 470 g/mol. The summed E-state index contributed by atoms with van der Waals surface area (Å²) in [4.78, 5) is -7.13. The maximum Gasteiger partial charge on any atom is 0.298 e. The molecule has 0 saturated heterocycles. The molecule has 2 aromatic carbocycles. The molecule has 0 fully saturated rings. The molecule has 2 rings (SSSR count). The van der Waals surface area contributed by atoms with Crippen LogP contribution in [-0.2, 0) is 40.5 Å². The van der Waals surface area contributed by atoms with Gasteiger partial charge in [-0.05, 0) is 6.07 Å². The second-order valence-electron chi connectivity index (χ2n) is 5.17. The van der Waals surface area contributed by atoms with Crippen LogP contribution in [0.1, 0.15) is 0 Å². The molecule has 0 aliphatic rings. The van der Waals surface area contributed by atoms with Crippen LogP contribution in [0, 0.1) is 0 Å². The van der Waals surface area contributed by atoms with Crippen LogP contribution in [0.3, 0.4) is 0 Å². The fourth-order valence-corrected chi connectivity index (χ4v) is 6.46. The third kappa shape index (κ3) is 3.75. The topological polar surface area (TPSA) is 264 Å². The fourth-order valence-electron chi connectivity index (χ4n) is 2.42. The predicted octanol–water partition coefficient (Wildman–Crippen LogP) is -0.886. The second-order valence-corrected chi connectivity index (χ2v) is 10.7. The number of benzene rings is 2. The van der Waals surface area contributed by atoms with E-state index in [1.54, 1.807) is 0 Å². The monoisotopic (exact) mass is 479 g/mol. The fraction of sp³-hybridized carbons (Fsp3) is 0. The Hall–Kier alpha value is -2.06. The number of rotatable bonds is 4. The highest BCUT2D eigenvalue weighted by molar-refractivity contribution is 7.91. The van der Waals surface area contributed by atoms with E-state index in [1.165, 1.54) is 0 Å². The summed E-state index contributed by atoms with van der Waals surface area (Å²) >= 11 is 0. The van der Waals surface area contributed by atoms with Crippen molar-refractivity contribution in [2.24, 2.45) is 0 Å². The number of phenolic OH excluding ortho intramolecular Hbond substituents is 1. The summed E-state index contributed by atoms with van der Waals surface area (Å²) in [6.45, 7) is 0. The summed E-state index contributed by atoms with van der Waals surface area (Å²) < 4.78 is 130. The molecular formula is C10H9NO13S4. The zero-order chi connectivity index (χ0) is 22.0. The van der Waals surface area contributed by atoms with Crippen LogP contribution in [0.5, 0.6) is 5.75 Å². The van der Waals surface area contributed by atoms with Gasteiger partial charge in [-0.15, -0.1) is 0 Å². The maximum atomic E-state index is 11.7. The highest BCUT2D eigenvalue weighted by Gasteiger charge is 2.38. The van der Waals surface area contributed by atoms with Crippen molar-refractivity contribution in [3.63, 3.8) is 0 Å². The van der Waals surface area contributed by atoms with Gasteiger partial charge in [0.2, 0.25) is 0 Å². The van der Waals surface area contributed by atoms with Gasteiger partial charge in [-0.25, -0.2) is 0 Å². The van der Waals surface area contributed by atoms with Crippen LogP contribution >= 0.6 is 0 Å². The molecule has 0 amide bonds. The van der Waals surface area contributed by atoms with E-state index in [1.807, 2.05) is 0 Å². The Morgan fingerprint density at radius 1 is 0.643 bits per heavy atom. The molecule has 18 heteroatoms. The minimum absolute atomic E-state index is 0.228. The van der Waals surface area contributed by atoms with Gasteiger partial charge < -0.3 is 10.8 Å². The summed E-state index contributed by atoms with van der Waals surface area (Å²) in [6, 6.07) is 0.523. The van der Waals surface area contributed by atoms with Crippen LogP contribution in [0.4, 0.5) is 5.69 Å². The molecule has 0 radical (unpaired) electrons. The van der Waals surface area contributed by atoms with Crippen molar-refractivity contribution >= 4 is 56.9 Å². The Kier molecular flexibility index (Phi) is 4.94. The molecule has 2 aromatic rings. The molecule has 0 spiro atoms. The molecule has 0 aliphatic heterocycles. The Bertz CT molecular complexity index is 1450. The smallest absolute Gasteiger partial charge is 0.298 e. The van der Waals surface area contributed by atoms with Crippen molar-refractivity contribution in [3.05, 3.63) is 12.1 Å². The number of fused-ring (bicyclic) bond motifs is 1. The first-order valence-electron chi connectivity index (χ1n) is 6.30. The van der Waals surface area contributed by atoms with Crippen molar-refractivity contribution in [1.82, 2.24) is 0 Å². The van der Waals surface area contributed by atoms with Crippen molar-refractivity contribution in [3.8, 4) is 5.75 Å². The number of nitrogen functional groups attached to an aromatic ring is 1. The van der Waals surface area contributed by atoms with Gasteiger partial charge in [0.05, 0.1) is 10.6 Å². The molecule has 156 valence electrons. The first-order chi connectivity index (χ1) is 12.3. The van der Waals surface area contributed by atoms with Gasteiger partial charge in [-0.2, -0.15) is 33.7 Å². The molecule has 0 atom stereocenters. The van der Waals surface area contributed by atoms with Crippen molar-refractivity contribution in [2.45, 2.75) is 19.6 Å². The molecule has 7 N–H and O–H groups in total. The Balaban J connectivity index is 3.54. The van der Waals surface area contributed by atoms with Gasteiger partial charge in [-0.3, -0.25) is 18.2 Å². The van der Waals surface area contributed by atoms with Crippen LogP contribution in [0.2, 0.25) is 0 Å². The summed E-state index contributed by atoms with van der Waals surface area (Å²) in [5, 5.41) is 7.72. The van der Waals surface area contributed by atoms with Crippen LogP contribution in [0.15, 0.2) is 31.7 Å². The second kappa shape index (κ2) is 6.22. The van der Waals surface area contributed by atoms with Gasteiger partial charge in [-0.1, -0.05) is 0 Å². The van der Waals surface area contributed by atoms with E-state index in [0.29, 0.717) is 6.07 Å². The van der Waals surface area contributed by atoms with E-state index in [4.69, 9.17) is 10.3 Å². The van der Waals surface area contributed by atoms with E-state index in [9.17, 15) is 52.4 Å². The summed E-state index contributed by atoms with van der Waals surface area (Å²) in [5.74, 6) is -1.28. The Morgan fingerprint density at radius 3 is 1.43 bits per heavy atom. The van der Waals surface area contributed by atoms with E-state index >= 15 is 0 Å². The van der Waals surface area contributed by atoms with E-state index in [2.05, 4.69) is 0 Å². The number of nitrogens with two attached hydrogens (primary N) is 1. The third-order valence-corrected chi connectivity index (χ3v) is 7.23. The molecule has 0 saturated carbocycles. The van der Waals surface area contributed by atoms with E-state index < -0.39 is 82.3 Å². The van der Waals surface area contributed by atoms with Crippen molar-refractivity contribution in [1.29, 1.82) is 0 Å². The summed E-state index contributed by atoms with van der Waals surface area (Å²) in [6.07, 6.45) is 0. The number of aromatic hydroxyl groups is 1. The van der Waals surface area contributed by atoms with Crippen LogP contribution < -0.4 is 5.73 Å². The SMILES string of the molecule is Nc1c(S(=O)(=O)O)c(S(=O)(=O)O)c(S(=O)(=O)O)c2cc(S(=O)(=O)O)cc(O)c12. The quantitative estimate of drug-likeness (QED) is 0.229. The number of phenols is 1.